The van der Waals surface area contributed by atoms with Crippen molar-refractivity contribution in [2.45, 2.75) is 18.5 Å². The van der Waals surface area contributed by atoms with Gasteiger partial charge in [-0.2, -0.15) is 13.2 Å². The molecule has 0 radical (unpaired) electrons. The lowest BCUT2D eigenvalue weighted by Crippen LogP contribution is -2.57. The third-order valence-electron chi connectivity index (χ3n) is 2.96. The molecular formula is C12H13F3O2. The van der Waals surface area contributed by atoms with Crippen LogP contribution < -0.4 is 4.74 Å². The van der Waals surface area contributed by atoms with E-state index in [1.54, 1.807) is 12.1 Å². The Morgan fingerprint density at radius 3 is 2.18 bits per heavy atom. The molecule has 2 rings (SSSR count). The smallest absolute Gasteiger partial charge is 0.402 e. The number of hydrogen-bond donors (Lipinski definition) is 0. The highest BCUT2D eigenvalue weighted by Gasteiger charge is 2.60. The van der Waals surface area contributed by atoms with Gasteiger partial charge in [0.1, 0.15) is 11.2 Å². The molecule has 0 atom stereocenters. The highest BCUT2D eigenvalue weighted by Crippen LogP contribution is 2.46. The van der Waals surface area contributed by atoms with Gasteiger partial charge in [-0.3, -0.25) is 0 Å². The Morgan fingerprint density at radius 2 is 1.82 bits per heavy atom. The predicted molar refractivity (Wildman–Crippen MR) is 56.2 cm³/mol. The average Bonchev–Trinajstić information content (AvgIpc) is 2.17. The summed E-state index contributed by atoms with van der Waals surface area (Å²) in [5.41, 5.74) is -1.60. The van der Waals surface area contributed by atoms with Crippen LogP contribution in [-0.2, 0) is 10.2 Å². The standard InChI is InChI=1S/C12H13F3O2/c1-2-17-10-5-3-9(4-6-10)11(7-16-8-11)12(13,14)15/h3-6H,2,7-8H2,1H3. The molecule has 1 aromatic carbocycles. The molecule has 0 N–H and O–H groups in total. The minimum atomic E-state index is -4.28. The summed E-state index contributed by atoms with van der Waals surface area (Å²) in [6, 6.07) is 6.04. The predicted octanol–water partition coefficient (Wildman–Crippen LogP) is 2.92. The lowest BCUT2D eigenvalue weighted by Gasteiger charge is -2.43. The van der Waals surface area contributed by atoms with Crippen LogP contribution in [0.4, 0.5) is 13.2 Å². The van der Waals surface area contributed by atoms with Crippen molar-refractivity contribution in [3.8, 4) is 5.75 Å². The van der Waals surface area contributed by atoms with Crippen molar-refractivity contribution in [3.63, 3.8) is 0 Å². The summed E-state index contributed by atoms with van der Waals surface area (Å²) in [5, 5.41) is 0. The van der Waals surface area contributed by atoms with Crippen molar-refractivity contribution in [2.75, 3.05) is 19.8 Å². The number of halogens is 3. The van der Waals surface area contributed by atoms with Crippen molar-refractivity contribution >= 4 is 0 Å². The van der Waals surface area contributed by atoms with Gasteiger partial charge in [0.2, 0.25) is 0 Å². The number of ether oxygens (including phenoxy) is 2. The second-order valence-electron chi connectivity index (χ2n) is 4.03. The van der Waals surface area contributed by atoms with Crippen LogP contribution in [0.1, 0.15) is 12.5 Å². The number of hydrogen-bond acceptors (Lipinski definition) is 2. The van der Waals surface area contributed by atoms with Crippen molar-refractivity contribution < 1.29 is 22.6 Å². The van der Waals surface area contributed by atoms with E-state index >= 15 is 0 Å². The number of rotatable bonds is 3. The SMILES string of the molecule is CCOc1ccc(C2(C(F)(F)F)COC2)cc1. The molecule has 0 aromatic heterocycles. The van der Waals surface area contributed by atoms with Gasteiger partial charge in [0.25, 0.3) is 0 Å². The zero-order valence-corrected chi connectivity index (χ0v) is 9.38. The molecule has 0 bridgehead atoms. The van der Waals surface area contributed by atoms with Crippen LogP contribution in [0.25, 0.3) is 0 Å². The number of benzene rings is 1. The fraction of sp³-hybridized carbons (Fsp3) is 0.500. The van der Waals surface area contributed by atoms with Gasteiger partial charge < -0.3 is 9.47 Å². The Hall–Kier alpha value is -1.23. The molecular weight excluding hydrogens is 233 g/mol. The summed E-state index contributed by atoms with van der Waals surface area (Å²) in [5.74, 6) is 0.578. The van der Waals surface area contributed by atoms with Gasteiger partial charge in [0.15, 0.2) is 0 Å². The molecule has 1 aromatic rings. The Labute approximate surface area is 97.3 Å². The topological polar surface area (TPSA) is 18.5 Å². The van der Waals surface area contributed by atoms with Gasteiger partial charge in [-0.05, 0) is 24.6 Å². The fourth-order valence-electron chi connectivity index (χ4n) is 1.84. The zero-order chi connectivity index (χ0) is 12.5. The second kappa shape index (κ2) is 4.22. The van der Waals surface area contributed by atoms with Crippen LogP contribution in [-0.4, -0.2) is 26.0 Å². The molecule has 1 fully saturated rings. The third kappa shape index (κ3) is 1.99. The van der Waals surface area contributed by atoms with E-state index in [9.17, 15) is 13.2 Å². The molecule has 1 saturated heterocycles. The lowest BCUT2D eigenvalue weighted by atomic mass is 9.78. The van der Waals surface area contributed by atoms with E-state index in [0.29, 0.717) is 12.4 Å². The van der Waals surface area contributed by atoms with E-state index in [1.165, 1.54) is 12.1 Å². The molecule has 5 heteroatoms. The average molecular weight is 246 g/mol. The lowest BCUT2D eigenvalue weighted by molar-refractivity contribution is -0.262. The third-order valence-corrected chi connectivity index (χ3v) is 2.96. The van der Waals surface area contributed by atoms with Gasteiger partial charge in [-0.25, -0.2) is 0 Å². The summed E-state index contributed by atoms with van der Waals surface area (Å²) < 4.78 is 48.9. The molecule has 0 spiro atoms. The normalized spacial score (nSPS) is 18.6. The van der Waals surface area contributed by atoms with Crippen molar-refractivity contribution in [3.05, 3.63) is 29.8 Å². The summed E-state index contributed by atoms with van der Waals surface area (Å²) in [7, 11) is 0. The Morgan fingerprint density at radius 1 is 1.24 bits per heavy atom. The summed E-state index contributed by atoms with van der Waals surface area (Å²) in [4.78, 5) is 0. The molecule has 0 saturated carbocycles. The van der Waals surface area contributed by atoms with Crippen molar-refractivity contribution in [1.29, 1.82) is 0 Å². The van der Waals surface area contributed by atoms with E-state index in [1.807, 2.05) is 6.92 Å². The fourth-order valence-corrected chi connectivity index (χ4v) is 1.84. The Bertz CT molecular complexity index is 380. The zero-order valence-electron chi connectivity index (χ0n) is 9.38. The van der Waals surface area contributed by atoms with Gasteiger partial charge in [0.05, 0.1) is 19.8 Å². The van der Waals surface area contributed by atoms with E-state index in [-0.39, 0.29) is 18.8 Å². The first-order valence-corrected chi connectivity index (χ1v) is 5.37. The van der Waals surface area contributed by atoms with Crippen LogP contribution in [0.3, 0.4) is 0 Å². The molecule has 1 aliphatic heterocycles. The Balaban J connectivity index is 2.26. The van der Waals surface area contributed by atoms with Crippen LogP contribution in [0, 0.1) is 0 Å². The van der Waals surface area contributed by atoms with E-state index in [0.717, 1.165) is 0 Å². The highest BCUT2D eigenvalue weighted by molar-refractivity contribution is 5.35. The van der Waals surface area contributed by atoms with Crippen LogP contribution >= 0.6 is 0 Å². The summed E-state index contributed by atoms with van der Waals surface area (Å²) in [6.07, 6.45) is -4.28. The van der Waals surface area contributed by atoms with Crippen LogP contribution in [0.5, 0.6) is 5.75 Å². The minimum absolute atomic E-state index is 0.236. The van der Waals surface area contributed by atoms with Crippen molar-refractivity contribution in [1.82, 2.24) is 0 Å². The summed E-state index contributed by atoms with van der Waals surface area (Å²) in [6.45, 7) is 1.72. The van der Waals surface area contributed by atoms with Gasteiger partial charge >= 0.3 is 6.18 Å². The first-order chi connectivity index (χ1) is 7.99. The first kappa shape index (κ1) is 12.2. The molecule has 1 aliphatic rings. The molecule has 2 nitrogen and oxygen atoms in total. The first-order valence-electron chi connectivity index (χ1n) is 5.37. The molecule has 17 heavy (non-hydrogen) atoms. The molecule has 0 aliphatic carbocycles. The van der Waals surface area contributed by atoms with E-state index in [4.69, 9.17) is 9.47 Å². The van der Waals surface area contributed by atoms with Crippen LogP contribution in [0.2, 0.25) is 0 Å². The van der Waals surface area contributed by atoms with Crippen molar-refractivity contribution in [2.24, 2.45) is 0 Å². The molecule has 0 amide bonds. The van der Waals surface area contributed by atoms with Crippen LogP contribution in [0.15, 0.2) is 24.3 Å². The second-order valence-corrected chi connectivity index (χ2v) is 4.03. The molecule has 94 valence electrons. The van der Waals surface area contributed by atoms with Gasteiger partial charge in [-0.1, -0.05) is 12.1 Å². The maximum atomic E-state index is 13.0. The maximum Gasteiger partial charge on any atom is 0.402 e. The highest BCUT2D eigenvalue weighted by atomic mass is 19.4. The quantitative estimate of drug-likeness (QED) is 0.816. The largest absolute Gasteiger partial charge is 0.494 e. The molecule has 1 heterocycles. The maximum absolute atomic E-state index is 13.0. The Kier molecular flexibility index (Phi) is 3.03. The van der Waals surface area contributed by atoms with E-state index in [2.05, 4.69) is 0 Å². The molecule has 0 unspecified atom stereocenters. The van der Waals surface area contributed by atoms with Gasteiger partial charge in [0, 0.05) is 0 Å². The number of alkyl halides is 3. The van der Waals surface area contributed by atoms with E-state index < -0.39 is 11.6 Å². The summed E-state index contributed by atoms with van der Waals surface area (Å²) >= 11 is 0. The monoisotopic (exact) mass is 246 g/mol. The van der Waals surface area contributed by atoms with Gasteiger partial charge in [-0.15, -0.1) is 0 Å². The minimum Gasteiger partial charge on any atom is -0.494 e.